The molecule has 1 aromatic carbocycles. The lowest BCUT2D eigenvalue weighted by Gasteiger charge is -2.41. The van der Waals surface area contributed by atoms with Crippen LogP contribution in [0.25, 0.3) is 0 Å². The van der Waals surface area contributed by atoms with Crippen molar-refractivity contribution in [3.8, 4) is 0 Å². The number of halogens is 2. The van der Waals surface area contributed by atoms with Crippen molar-refractivity contribution in [2.45, 2.75) is 57.6 Å². The van der Waals surface area contributed by atoms with E-state index in [9.17, 15) is 4.39 Å². The molecule has 2 unspecified atom stereocenters. The predicted octanol–water partition coefficient (Wildman–Crippen LogP) is 4.35. The van der Waals surface area contributed by atoms with Gasteiger partial charge in [0.05, 0.1) is 10.6 Å². The molecule has 0 aliphatic carbocycles. The molecule has 0 spiro atoms. The zero-order valence-electron chi connectivity index (χ0n) is 12.9. The van der Waals surface area contributed by atoms with Crippen molar-refractivity contribution in [3.05, 3.63) is 34.6 Å². The smallest absolute Gasteiger partial charge is 0.142 e. The van der Waals surface area contributed by atoms with Crippen molar-refractivity contribution >= 4 is 11.6 Å². The summed E-state index contributed by atoms with van der Waals surface area (Å²) in [6.07, 6.45) is 5.08. The molecule has 0 bridgehead atoms. The SMILES string of the molecule is CCCNC(Cc1cccc(F)c1Cl)C1(C)CCCCO1. The van der Waals surface area contributed by atoms with Crippen molar-refractivity contribution in [1.82, 2.24) is 5.32 Å². The third-order valence-electron chi connectivity index (χ3n) is 4.33. The minimum atomic E-state index is -0.349. The largest absolute Gasteiger partial charge is 0.374 e. The minimum Gasteiger partial charge on any atom is -0.374 e. The van der Waals surface area contributed by atoms with Gasteiger partial charge in [0.15, 0.2) is 0 Å². The Hall–Kier alpha value is -0.640. The number of nitrogens with one attached hydrogen (secondary N) is 1. The predicted molar refractivity (Wildman–Crippen MR) is 85.4 cm³/mol. The van der Waals surface area contributed by atoms with E-state index in [1.165, 1.54) is 12.5 Å². The molecule has 0 saturated carbocycles. The minimum absolute atomic E-state index is 0.150. The molecular weight excluding hydrogens is 289 g/mol. The Bertz CT molecular complexity index is 460. The molecular formula is C17H25ClFNO. The molecule has 118 valence electrons. The highest BCUT2D eigenvalue weighted by Gasteiger charge is 2.36. The van der Waals surface area contributed by atoms with Gasteiger partial charge in [-0.15, -0.1) is 0 Å². The Labute approximate surface area is 132 Å². The van der Waals surface area contributed by atoms with Crippen molar-refractivity contribution in [2.75, 3.05) is 13.2 Å². The van der Waals surface area contributed by atoms with Crippen LogP contribution in [0.1, 0.15) is 45.1 Å². The molecule has 2 nitrogen and oxygen atoms in total. The van der Waals surface area contributed by atoms with Gasteiger partial charge in [0.2, 0.25) is 0 Å². The number of benzene rings is 1. The molecule has 0 aromatic heterocycles. The topological polar surface area (TPSA) is 21.3 Å². The third-order valence-corrected chi connectivity index (χ3v) is 4.76. The highest BCUT2D eigenvalue weighted by Crippen LogP contribution is 2.31. The molecule has 1 fully saturated rings. The van der Waals surface area contributed by atoms with Crippen LogP contribution in [-0.2, 0) is 11.2 Å². The molecule has 1 aromatic rings. The quantitative estimate of drug-likeness (QED) is 0.843. The van der Waals surface area contributed by atoms with Crippen LogP contribution in [0.5, 0.6) is 0 Å². The first-order valence-corrected chi connectivity index (χ1v) is 8.25. The summed E-state index contributed by atoms with van der Waals surface area (Å²) in [5.41, 5.74) is 0.643. The fourth-order valence-corrected chi connectivity index (χ4v) is 3.18. The second-order valence-corrected chi connectivity index (χ2v) is 6.42. The van der Waals surface area contributed by atoms with Gasteiger partial charge in [-0.3, -0.25) is 0 Å². The third kappa shape index (κ3) is 4.18. The van der Waals surface area contributed by atoms with Crippen molar-refractivity contribution in [2.24, 2.45) is 0 Å². The first-order chi connectivity index (χ1) is 10.1. The Balaban J connectivity index is 2.17. The lowest BCUT2D eigenvalue weighted by atomic mass is 9.84. The van der Waals surface area contributed by atoms with E-state index in [1.807, 2.05) is 6.07 Å². The second kappa shape index (κ2) is 7.57. The van der Waals surface area contributed by atoms with Crippen LogP contribution in [0.3, 0.4) is 0 Å². The highest BCUT2D eigenvalue weighted by molar-refractivity contribution is 6.31. The first kappa shape index (κ1) is 16.7. The lowest BCUT2D eigenvalue weighted by Crippen LogP contribution is -2.53. The Morgan fingerprint density at radius 2 is 2.24 bits per heavy atom. The average molecular weight is 314 g/mol. The fraction of sp³-hybridized carbons (Fsp3) is 0.647. The molecule has 1 aliphatic heterocycles. The van der Waals surface area contributed by atoms with Gasteiger partial charge in [-0.1, -0.05) is 30.7 Å². The molecule has 1 N–H and O–H groups in total. The Morgan fingerprint density at radius 1 is 1.43 bits per heavy atom. The highest BCUT2D eigenvalue weighted by atomic mass is 35.5. The van der Waals surface area contributed by atoms with Crippen LogP contribution >= 0.6 is 11.6 Å². The summed E-state index contributed by atoms with van der Waals surface area (Å²) in [7, 11) is 0. The van der Waals surface area contributed by atoms with Crippen LogP contribution in [-0.4, -0.2) is 24.8 Å². The summed E-state index contributed by atoms with van der Waals surface area (Å²) in [4.78, 5) is 0. The van der Waals surface area contributed by atoms with Crippen molar-refractivity contribution < 1.29 is 9.13 Å². The maximum absolute atomic E-state index is 13.6. The van der Waals surface area contributed by atoms with E-state index >= 15 is 0 Å². The molecule has 1 heterocycles. The van der Waals surface area contributed by atoms with Crippen LogP contribution in [0.15, 0.2) is 18.2 Å². The Kier molecular flexibility index (Phi) is 6.03. The van der Waals surface area contributed by atoms with E-state index < -0.39 is 0 Å². The maximum atomic E-state index is 13.6. The summed E-state index contributed by atoms with van der Waals surface area (Å²) in [6, 6.07) is 5.17. The molecule has 0 amide bonds. The molecule has 1 aliphatic rings. The van der Waals surface area contributed by atoms with Gasteiger partial charge in [-0.25, -0.2) is 4.39 Å². The molecule has 21 heavy (non-hydrogen) atoms. The summed E-state index contributed by atoms with van der Waals surface area (Å²) in [5.74, 6) is -0.349. The molecule has 2 atom stereocenters. The summed E-state index contributed by atoms with van der Waals surface area (Å²) >= 11 is 6.11. The summed E-state index contributed by atoms with van der Waals surface area (Å²) < 4.78 is 19.7. The van der Waals surface area contributed by atoms with Crippen LogP contribution in [0.2, 0.25) is 5.02 Å². The van der Waals surface area contributed by atoms with Gasteiger partial charge in [-0.2, -0.15) is 0 Å². The number of rotatable bonds is 6. The van der Waals surface area contributed by atoms with E-state index in [4.69, 9.17) is 16.3 Å². The normalized spacial score (nSPS) is 24.0. The number of ether oxygens (including phenoxy) is 1. The van der Waals surface area contributed by atoms with E-state index in [0.717, 1.165) is 38.0 Å². The average Bonchev–Trinajstić information content (AvgIpc) is 2.48. The van der Waals surface area contributed by atoms with Crippen molar-refractivity contribution in [3.63, 3.8) is 0 Å². The zero-order chi connectivity index (χ0) is 15.3. The van der Waals surface area contributed by atoms with Gasteiger partial charge >= 0.3 is 0 Å². The maximum Gasteiger partial charge on any atom is 0.142 e. The van der Waals surface area contributed by atoms with Gasteiger partial charge in [-0.05, 0) is 57.2 Å². The summed E-state index contributed by atoms with van der Waals surface area (Å²) in [6.45, 7) is 6.03. The monoisotopic (exact) mass is 313 g/mol. The van der Waals surface area contributed by atoms with E-state index in [0.29, 0.717) is 6.42 Å². The molecule has 4 heteroatoms. The first-order valence-electron chi connectivity index (χ1n) is 7.87. The fourth-order valence-electron chi connectivity index (χ4n) is 2.98. The number of hydrogen-bond acceptors (Lipinski definition) is 2. The second-order valence-electron chi connectivity index (χ2n) is 6.04. The van der Waals surface area contributed by atoms with Crippen LogP contribution in [0, 0.1) is 5.82 Å². The molecule has 2 rings (SSSR count). The Morgan fingerprint density at radius 3 is 2.90 bits per heavy atom. The van der Waals surface area contributed by atoms with E-state index in [-0.39, 0.29) is 22.5 Å². The van der Waals surface area contributed by atoms with Gasteiger partial charge in [0, 0.05) is 12.6 Å². The summed E-state index contributed by atoms with van der Waals surface area (Å²) in [5, 5.41) is 3.81. The number of hydrogen-bond donors (Lipinski definition) is 1. The molecule has 1 saturated heterocycles. The molecule has 0 radical (unpaired) electrons. The standard InChI is InChI=1S/C17H25ClFNO/c1-3-10-20-15(17(2)9-4-5-11-21-17)12-13-7-6-8-14(19)16(13)18/h6-8,15,20H,3-5,9-12H2,1-2H3. The van der Waals surface area contributed by atoms with E-state index in [1.54, 1.807) is 6.07 Å². The van der Waals surface area contributed by atoms with Crippen LogP contribution < -0.4 is 5.32 Å². The van der Waals surface area contributed by atoms with E-state index in [2.05, 4.69) is 19.2 Å². The van der Waals surface area contributed by atoms with Crippen LogP contribution in [0.4, 0.5) is 4.39 Å². The van der Waals surface area contributed by atoms with Gasteiger partial charge in [0.25, 0.3) is 0 Å². The lowest BCUT2D eigenvalue weighted by molar-refractivity contribution is -0.0883. The van der Waals surface area contributed by atoms with Gasteiger partial charge in [0.1, 0.15) is 5.82 Å². The van der Waals surface area contributed by atoms with Gasteiger partial charge < -0.3 is 10.1 Å². The van der Waals surface area contributed by atoms with Crippen molar-refractivity contribution in [1.29, 1.82) is 0 Å². The zero-order valence-corrected chi connectivity index (χ0v) is 13.7.